The largest absolute Gasteiger partial charge is 0.497 e. The predicted molar refractivity (Wildman–Crippen MR) is 141 cm³/mol. The highest BCUT2D eigenvalue weighted by atomic mass is 32.1. The predicted octanol–water partition coefficient (Wildman–Crippen LogP) is 4.18. The maximum atomic E-state index is 13.8. The molecule has 3 amide bonds. The van der Waals surface area contributed by atoms with Crippen LogP contribution in [0.3, 0.4) is 0 Å². The van der Waals surface area contributed by atoms with E-state index in [-0.39, 0.29) is 18.4 Å². The Hall–Kier alpha value is -3.85. The summed E-state index contributed by atoms with van der Waals surface area (Å²) in [5, 5.41) is 7.44. The van der Waals surface area contributed by atoms with Gasteiger partial charge in [0.2, 0.25) is 11.8 Å². The number of ether oxygens (including phenoxy) is 2. The molecular formula is C27H31N3O5S. The number of thiophene rings is 1. The van der Waals surface area contributed by atoms with Gasteiger partial charge in [-0.2, -0.15) is 0 Å². The van der Waals surface area contributed by atoms with E-state index in [4.69, 9.17) is 9.47 Å². The van der Waals surface area contributed by atoms with Gasteiger partial charge < -0.3 is 20.1 Å². The van der Waals surface area contributed by atoms with Crippen molar-refractivity contribution in [1.82, 2.24) is 10.6 Å². The van der Waals surface area contributed by atoms with Crippen molar-refractivity contribution in [3.05, 3.63) is 76.5 Å². The maximum Gasteiger partial charge on any atom is 0.261 e. The van der Waals surface area contributed by atoms with Crippen molar-refractivity contribution in [3.8, 4) is 11.5 Å². The van der Waals surface area contributed by atoms with Crippen LogP contribution in [-0.2, 0) is 9.59 Å². The Balaban J connectivity index is 2.09. The Morgan fingerprint density at radius 3 is 2.28 bits per heavy atom. The number of hydrogen-bond acceptors (Lipinski definition) is 6. The summed E-state index contributed by atoms with van der Waals surface area (Å²) in [6.45, 7) is 5.29. The number of hydrogen-bond donors (Lipinski definition) is 2. The van der Waals surface area contributed by atoms with E-state index in [1.807, 2.05) is 26.8 Å². The van der Waals surface area contributed by atoms with Gasteiger partial charge in [0.25, 0.3) is 5.91 Å². The lowest BCUT2D eigenvalue weighted by atomic mass is 10.0. The van der Waals surface area contributed by atoms with Crippen LogP contribution < -0.4 is 25.0 Å². The zero-order chi connectivity index (χ0) is 26.3. The SMILES string of the molecule is COc1ccc(N(C(=O)CNC(=O)c2cccs2)[C@H](C(=O)NC(C)(C)C)c2ccccc2)c(OC)c1. The Labute approximate surface area is 215 Å². The minimum atomic E-state index is -1.03. The van der Waals surface area contributed by atoms with E-state index in [0.717, 1.165) is 0 Å². The summed E-state index contributed by atoms with van der Waals surface area (Å²) in [6, 6.07) is 16.4. The van der Waals surface area contributed by atoms with Crippen molar-refractivity contribution in [2.45, 2.75) is 32.4 Å². The van der Waals surface area contributed by atoms with Crippen LogP contribution in [0.5, 0.6) is 11.5 Å². The highest BCUT2D eigenvalue weighted by molar-refractivity contribution is 7.12. The molecule has 0 bridgehead atoms. The molecule has 0 aliphatic carbocycles. The van der Waals surface area contributed by atoms with Gasteiger partial charge in [-0.05, 0) is 49.9 Å². The lowest BCUT2D eigenvalue weighted by Crippen LogP contribution is -2.51. The van der Waals surface area contributed by atoms with Gasteiger partial charge in [0, 0.05) is 11.6 Å². The Kier molecular flexibility index (Phi) is 8.71. The molecular weight excluding hydrogens is 478 g/mol. The second kappa shape index (κ2) is 11.7. The number of nitrogens with one attached hydrogen (secondary N) is 2. The molecule has 3 rings (SSSR count). The average molecular weight is 510 g/mol. The van der Waals surface area contributed by atoms with Gasteiger partial charge >= 0.3 is 0 Å². The first-order valence-electron chi connectivity index (χ1n) is 11.4. The van der Waals surface area contributed by atoms with Gasteiger partial charge in [0.15, 0.2) is 0 Å². The number of methoxy groups -OCH3 is 2. The van der Waals surface area contributed by atoms with Crippen LogP contribution in [-0.4, -0.2) is 44.0 Å². The first-order valence-corrected chi connectivity index (χ1v) is 12.3. The van der Waals surface area contributed by atoms with Gasteiger partial charge in [-0.1, -0.05) is 36.4 Å². The second-order valence-electron chi connectivity index (χ2n) is 9.01. The fourth-order valence-electron chi connectivity index (χ4n) is 3.63. The van der Waals surface area contributed by atoms with Gasteiger partial charge in [-0.25, -0.2) is 0 Å². The molecule has 0 unspecified atom stereocenters. The quantitative estimate of drug-likeness (QED) is 0.451. The summed E-state index contributed by atoms with van der Waals surface area (Å²) in [6.07, 6.45) is 0. The number of rotatable bonds is 9. The lowest BCUT2D eigenvalue weighted by molar-refractivity contribution is -0.127. The van der Waals surface area contributed by atoms with E-state index < -0.39 is 17.5 Å². The van der Waals surface area contributed by atoms with Crippen molar-refractivity contribution in [1.29, 1.82) is 0 Å². The molecule has 8 nitrogen and oxygen atoms in total. The molecule has 1 atom stereocenters. The minimum Gasteiger partial charge on any atom is -0.497 e. The first-order chi connectivity index (χ1) is 17.1. The molecule has 2 N–H and O–H groups in total. The third-order valence-electron chi connectivity index (χ3n) is 5.18. The van der Waals surface area contributed by atoms with Crippen molar-refractivity contribution in [3.63, 3.8) is 0 Å². The molecule has 36 heavy (non-hydrogen) atoms. The first kappa shape index (κ1) is 26.7. The summed E-state index contributed by atoms with van der Waals surface area (Å²) in [5.74, 6) is -0.345. The molecule has 0 saturated carbocycles. The molecule has 9 heteroatoms. The van der Waals surface area contributed by atoms with Crippen LogP contribution >= 0.6 is 11.3 Å². The molecule has 0 spiro atoms. The molecule has 0 aliphatic rings. The summed E-state index contributed by atoms with van der Waals surface area (Å²) >= 11 is 1.28. The lowest BCUT2D eigenvalue weighted by Gasteiger charge is -2.34. The third-order valence-corrected chi connectivity index (χ3v) is 6.05. The molecule has 3 aromatic rings. The van der Waals surface area contributed by atoms with Gasteiger partial charge in [0.05, 0.1) is 31.3 Å². The molecule has 2 aromatic carbocycles. The zero-order valence-corrected chi connectivity index (χ0v) is 21.8. The average Bonchev–Trinajstić information content (AvgIpc) is 3.40. The minimum absolute atomic E-state index is 0.321. The van der Waals surface area contributed by atoms with E-state index in [0.29, 0.717) is 27.6 Å². The molecule has 190 valence electrons. The zero-order valence-electron chi connectivity index (χ0n) is 21.0. The smallest absolute Gasteiger partial charge is 0.261 e. The van der Waals surface area contributed by atoms with E-state index in [9.17, 15) is 14.4 Å². The molecule has 1 heterocycles. The molecule has 0 fully saturated rings. The molecule has 0 saturated heterocycles. The highest BCUT2D eigenvalue weighted by Gasteiger charge is 2.36. The van der Waals surface area contributed by atoms with E-state index in [2.05, 4.69) is 10.6 Å². The number of benzene rings is 2. The summed E-state index contributed by atoms with van der Waals surface area (Å²) < 4.78 is 10.9. The van der Waals surface area contributed by atoms with Crippen molar-refractivity contribution in [2.75, 3.05) is 25.7 Å². The number of carbonyl (C=O) groups excluding carboxylic acids is 3. The number of nitrogens with zero attached hydrogens (tertiary/aromatic N) is 1. The van der Waals surface area contributed by atoms with Crippen LogP contribution in [0.2, 0.25) is 0 Å². The molecule has 0 aliphatic heterocycles. The Bertz CT molecular complexity index is 1190. The van der Waals surface area contributed by atoms with Gasteiger partial charge in [0.1, 0.15) is 17.5 Å². The molecule has 0 radical (unpaired) electrons. The topological polar surface area (TPSA) is 97.0 Å². The van der Waals surface area contributed by atoms with E-state index >= 15 is 0 Å². The van der Waals surface area contributed by atoms with Crippen molar-refractivity contribution >= 4 is 34.7 Å². The van der Waals surface area contributed by atoms with Crippen LogP contribution in [0.25, 0.3) is 0 Å². The second-order valence-corrected chi connectivity index (χ2v) is 9.96. The van der Waals surface area contributed by atoms with Crippen LogP contribution in [0, 0.1) is 0 Å². The van der Waals surface area contributed by atoms with Gasteiger partial charge in [-0.3, -0.25) is 19.3 Å². The summed E-state index contributed by atoms with van der Waals surface area (Å²) in [7, 11) is 3.01. The van der Waals surface area contributed by atoms with Crippen molar-refractivity contribution in [2.24, 2.45) is 0 Å². The fraction of sp³-hybridized carbons (Fsp3) is 0.296. The maximum absolute atomic E-state index is 13.8. The number of amides is 3. The van der Waals surface area contributed by atoms with Crippen LogP contribution in [0.15, 0.2) is 66.0 Å². The van der Waals surface area contributed by atoms with E-state index in [1.54, 1.807) is 60.0 Å². The van der Waals surface area contributed by atoms with Crippen LogP contribution in [0.1, 0.15) is 42.0 Å². The summed E-state index contributed by atoms with van der Waals surface area (Å²) in [5.41, 5.74) is 0.428. The highest BCUT2D eigenvalue weighted by Crippen LogP contribution is 2.37. The number of anilines is 1. The van der Waals surface area contributed by atoms with Gasteiger partial charge in [-0.15, -0.1) is 11.3 Å². The normalized spacial score (nSPS) is 11.8. The standard InChI is InChI=1S/C27H31N3O5S/c1-27(2,3)29-26(33)24(18-10-7-6-8-11-18)30(20-14-13-19(34-4)16-21(20)35-5)23(31)17-28-25(32)22-12-9-15-36-22/h6-16,24H,17H2,1-5H3,(H,28,32)(H,29,33)/t24-/m0/s1. The molecule has 1 aromatic heterocycles. The third kappa shape index (κ3) is 6.63. The Morgan fingerprint density at radius 2 is 1.69 bits per heavy atom. The van der Waals surface area contributed by atoms with Crippen molar-refractivity contribution < 1.29 is 23.9 Å². The fourth-order valence-corrected chi connectivity index (χ4v) is 4.27. The Morgan fingerprint density at radius 1 is 0.972 bits per heavy atom. The van der Waals surface area contributed by atoms with Crippen LogP contribution in [0.4, 0.5) is 5.69 Å². The summed E-state index contributed by atoms with van der Waals surface area (Å²) in [4.78, 5) is 41.8. The monoisotopic (exact) mass is 509 g/mol. The van der Waals surface area contributed by atoms with E-state index in [1.165, 1.54) is 30.5 Å². The number of carbonyl (C=O) groups is 3.